The van der Waals surface area contributed by atoms with Crippen LogP contribution < -0.4 is 10.6 Å². The molecule has 2 aliphatic heterocycles. The molecule has 4 amide bonds. The molecule has 0 radical (unpaired) electrons. The van der Waals surface area contributed by atoms with Crippen molar-refractivity contribution in [1.82, 2.24) is 40.4 Å². The van der Waals surface area contributed by atoms with Gasteiger partial charge >= 0.3 is 12.2 Å². The molecule has 5 aromatic rings. The van der Waals surface area contributed by atoms with Gasteiger partial charge in [0.05, 0.1) is 49.2 Å². The number of hydrogen-bond acceptors (Lipinski definition) is 8. The molecular weight excluding hydrogens is 761 g/mol. The summed E-state index contributed by atoms with van der Waals surface area (Å²) in [5, 5.41) is 5.43. The zero-order valence-electron chi connectivity index (χ0n) is 35.1. The van der Waals surface area contributed by atoms with Gasteiger partial charge < -0.3 is 39.9 Å². The number of H-pyrrole nitrogens is 2. The second kappa shape index (κ2) is 16.8. The number of fused-ring (bicyclic) bond motifs is 4. The van der Waals surface area contributed by atoms with Crippen LogP contribution in [0.2, 0.25) is 0 Å². The largest absolute Gasteiger partial charge is 0.453 e. The maximum atomic E-state index is 13.7. The Morgan fingerprint density at radius 3 is 1.77 bits per heavy atom. The minimum Gasteiger partial charge on any atom is -0.453 e. The van der Waals surface area contributed by atoms with E-state index < -0.39 is 24.3 Å². The van der Waals surface area contributed by atoms with Crippen molar-refractivity contribution >= 4 is 35.0 Å². The third-order valence-corrected chi connectivity index (χ3v) is 12.4. The summed E-state index contributed by atoms with van der Waals surface area (Å²) in [5.41, 5.74) is 11.0. The molecule has 3 aliphatic rings. The van der Waals surface area contributed by atoms with Crippen LogP contribution in [-0.4, -0.2) is 93.1 Å². The number of rotatable bonds is 10. The van der Waals surface area contributed by atoms with Gasteiger partial charge in [0, 0.05) is 13.1 Å². The first-order valence-corrected chi connectivity index (χ1v) is 21.1. The first-order valence-electron chi connectivity index (χ1n) is 21.1. The van der Waals surface area contributed by atoms with Crippen molar-refractivity contribution in [2.75, 3.05) is 27.3 Å². The predicted molar refractivity (Wildman–Crippen MR) is 228 cm³/mol. The summed E-state index contributed by atoms with van der Waals surface area (Å²) in [6, 6.07) is 17.8. The van der Waals surface area contributed by atoms with E-state index in [0.29, 0.717) is 13.1 Å². The van der Waals surface area contributed by atoms with Gasteiger partial charge in [-0.3, -0.25) is 9.59 Å². The van der Waals surface area contributed by atoms with Crippen LogP contribution in [0.5, 0.6) is 0 Å². The number of amides is 4. The van der Waals surface area contributed by atoms with E-state index in [1.54, 1.807) is 0 Å². The van der Waals surface area contributed by atoms with E-state index in [4.69, 9.17) is 19.4 Å². The lowest BCUT2D eigenvalue weighted by Gasteiger charge is -2.30. The summed E-state index contributed by atoms with van der Waals surface area (Å²) in [7, 11) is 2.60. The number of methoxy groups -OCH3 is 2. The van der Waals surface area contributed by atoms with E-state index in [0.717, 1.165) is 83.6 Å². The number of nitrogens with one attached hydrogen (secondary N) is 4. The Balaban J connectivity index is 0.978. The van der Waals surface area contributed by atoms with Gasteiger partial charge in [0.2, 0.25) is 11.8 Å². The number of alkyl carbamates (subject to hydrolysis) is 2. The Morgan fingerprint density at radius 2 is 1.20 bits per heavy atom. The lowest BCUT2D eigenvalue weighted by atomic mass is 9.83. The molecule has 1 aliphatic carbocycles. The van der Waals surface area contributed by atoms with Gasteiger partial charge in [-0.15, -0.1) is 0 Å². The molecule has 2 aromatic heterocycles. The molecule has 0 bridgehead atoms. The quantitative estimate of drug-likeness (QED) is 0.112. The van der Waals surface area contributed by atoms with E-state index in [1.807, 2.05) is 49.8 Å². The zero-order chi connectivity index (χ0) is 42.2. The van der Waals surface area contributed by atoms with Gasteiger partial charge in [0.25, 0.3) is 0 Å². The molecule has 4 N–H and O–H groups in total. The van der Waals surface area contributed by atoms with Crippen LogP contribution in [0.4, 0.5) is 9.59 Å². The fourth-order valence-corrected chi connectivity index (χ4v) is 9.15. The molecule has 60 heavy (non-hydrogen) atoms. The second-order valence-electron chi connectivity index (χ2n) is 16.9. The number of likely N-dealkylation sites (tertiary alicyclic amines) is 2. The topological polar surface area (TPSA) is 175 Å². The number of aromatic amines is 2. The number of ether oxygens (including phenoxy) is 2. The summed E-state index contributed by atoms with van der Waals surface area (Å²) in [6.07, 6.45) is 5.72. The summed E-state index contributed by atoms with van der Waals surface area (Å²) in [6.45, 7) is 8.85. The van der Waals surface area contributed by atoms with Crippen molar-refractivity contribution in [2.24, 2.45) is 11.8 Å². The number of hydrogen-bond donors (Lipinski definition) is 4. The standard InChI is InChI=1S/C46H54N8O6/c1-25(2)39(51-45(57)59-5)43(55)53-19-7-9-37(53)41-47-24-36(50-41)31-14-17-33-30(22-31)12-11-29-21-27(13-16-32(29)33)28-15-18-34-35(23-28)49-42(48-34)38-10-8-20-54(38)44(56)40(26(3)4)52-46(58)60-6/h13-18,21-26,37-40H,7-12,19-20H2,1-6H3,(H,47,50)(H,48,49)(H,51,57)(H,52,58). The van der Waals surface area contributed by atoms with Gasteiger partial charge in [-0.1, -0.05) is 64.1 Å². The third kappa shape index (κ3) is 7.82. The molecule has 4 atom stereocenters. The number of aryl methyl sites for hydroxylation is 2. The smallest absolute Gasteiger partial charge is 0.407 e. The van der Waals surface area contributed by atoms with Crippen LogP contribution in [-0.2, 0) is 31.9 Å². The van der Waals surface area contributed by atoms with Crippen LogP contribution in [0.15, 0.2) is 60.8 Å². The normalized spacial score (nSPS) is 18.3. The van der Waals surface area contributed by atoms with Crippen LogP contribution >= 0.6 is 0 Å². The number of benzene rings is 3. The third-order valence-electron chi connectivity index (χ3n) is 12.4. The van der Waals surface area contributed by atoms with Crippen LogP contribution in [0, 0.1) is 11.8 Å². The molecule has 14 nitrogen and oxygen atoms in total. The van der Waals surface area contributed by atoms with Crippen molar-refractivity contribution in [3.8, 4) is 33.5 Å². The average molecular weight is 815 g/mol. The number of carbonyl (C=O) groups excluding carboxylic acids is 4. The van der Waals surface area contributed by atoms with Crippen molar-refractivity contribution in [3.63, 3.8) is 0 Å². The van der Waals surface area contributed by atoms with E-state index in [-0.39, 0.29) is 35.7 Å². The highest BCUT2D eigenvalue weighted by molar-refractivity contribution is 5.88. The molecule has 2 saturated heterocycles. The monoisotopic (exact) mass is 814 g/mol. The summed E-state index contributed by atoms with van der Waals surface area (Å²) < 4.78 is 9.57. The summed E-state index contributed by atoms with van der Waals surface area (Å²) >= 11 is 0. The highest BCUT2D eigenvalue weighted by atomic mass is 16.5. The molecule has 14 heteroatoms. The van der Waals surface area contributed by atoms with Gasteiger partial charge in [0.1, 0.15) is 23.7 Å². The van der Waals surface area contributed by atoms with Gasteiger partial charge in [-0.2, -0.15) is 0 Å². The summed E-state index contributed by atoms with van der Waals surface area (Å²) in [4.78, 5) is 71.7. The predicted octanol–water partition coefficient (Wildman–Crippen LogP) is 7.47. The van der Waals surface area contributed by atoms with Gasteiger partial charge in [-0.05, 0) is 108 Å². The number of imidazole rings is 2. The fourth-order valence-electron chi connectivity index (χ4n) is 9.15. The maximum Gasteiger partial charge on any atom is 0.407 e. The fraction of sp³-hybridized carbons (Fsp3) is 0.435. The van der Waals surface area contributed by atoms with E-state index in [1.165, 1.54) is 36.5 Å². The Kier molecular flexibility index (Phi) is 11.4. The molecule has 314 valence electrons. The minimum absolute atomic E-state index is 0.101. The van der Waals surface area contributed by atoms with E-state index >= 15 is 0 Å². The Hall–Kier alpha value is -6.18. The number of aromatic nitrogens is 4. The maximum absolute atomic E-state index is 13.7. The van der Waals surface area contributed by atoms with Crippen molar-refractivity contribution in [1.29, 1.82) is 0 Å². The first kappa shape index (κ1) is 40.6. The van der Waals surface area contributed by atoms with Crippen LogP contribution in [0.25, 0.3) is 44.5 Å². The van der Waals surface area contributed by atoms with E-state index in [9.17, 15) is 19.2 Å². The van der Waals surface area contributed by atoms with Crippen molar-refractivity contribution in [3.05, 3.63) is 83.6 Å². The highest BCUT2D eigenvalue weighted by Gasteiger charge is 2.39. The van der Waals surface area contributed by atoms with E-state index in [2.05, 4.69) is 69.1 Å². The first-order chi connectivity index (χ1) is 28.9. The Bertz CT molecular complexity index is 2440. The van der Waals surface area contributed by atoms with Crippen molar-refractivity contribution < 1.29 is 28.7 Å². The number of nitrogens with zero attached hydrogens (tertiary/aromatic N) is 4. The van der Waals surface area contributed by atoms with Gasteiger partial charge in [0.15, 0.2) is 0 Å². The lowest BCUT2D eigenvalue weighted by Crippen LogP contribution is -2.51. The number of carbonyl (C=O) groups is 4. The molecule has 3 aromatic carbocycles. The second-order valence-corrected chi connectivity index (χ2v) is 16.9. The zero-order valence-corrected chi connectivity index (χ0v) is 35.1. The molecule has 4 unspecified atom stereocenters. The molecule has 4 heterocycles. The molecular formula is C46H54N8O6. The molecule has 8 rings (SSSR count). The molecule has 0 spiro atoms. The Labute approximate surface area is 349 Å². The van der Waals surface area contributed by atoms with Crippen LogP contribution in [0.1, 0.15) is 88.2 Å². The van der Waals surface area contributed by atoms with Crippen molar-refractivity contribution in [2.45, 2.75) is 90.4 Å². The molecule has 0 saturated carbocycles. The highest BCUT2D eigenvalue weighted by Crippen LogP contribution is 2.40. The van der Waals surface area contributed by atoms with Crippen LogP contribution in [0.3, 0.4) is 0 Å². The average Bonchev–Trinajstić information content (AvgIpc) is 4.09. The summed E-state index contributed by atoms with van der Waals surface area (Å²) in [5.74, 6) is 1.04. The molecule has 2 fully saturated rings. The SMILES string of the molecule is COC(=O)NC(C(=O)N1CCCC1c1ncc(-c2ccc3c(c2)CCc2cc(-c4ccc5nc(C6CCCN6C(=O)C(NC(=O)OC)C(C)C)[nH]c5c4)ccc2-3)[nH]1)C(C)C. The lowest BCUT2D eigenvalue weighted by molar-refractivity contribution is -0.136. The van der Waals surface area contributed by atoms with Gasteiger partial charge in [-0.25, -0.2) is 19.6 Å². The minimum atomic E-state index is -0.687. The Morgan fingerprint density at radius 1 is 0.683 bits per heavy atom.